The molecule has 1 fully saturated rings. The smallest absolute Gasteiger partial charge is 0.177 e. The van der Waals surface area contributed by atoms with Crippen LogP contribution in [0.3, 0.4) is 0 Å². The van der Waals surface area contributed by atoms with Gasteiger partial charge in [-0.25, -0.2) is 8.42 Å². The lowest BCUT2D eigenvalue weighted by molar-refractivity contribution is -0.100. The molecule has 0 saturated carbocycles. The highest BCUT2D eigenvalue weighted by Crippen LogP contribution is 2.33. The Kier molecular flexibility index (Phi) is 4.19. The second kappa shape index (κ2) is 5.47. The van der Waals surface area contributed by atoms with Crippen LogP contribution in [0, 0.1) is 0 Å². The van der Waals surface area contributed by atoms with Gasteiger partial charge in [0.15, 0.2) is 9.84 Å². The van der Waals surface area contributed by atoms with Crippen molar-refractivity contribution < 1.29 is 18.3 Å². The van der Waals surface area contributed by atoms with E-state index in [4.69, 9.17) is 10.5 Å². The van der Waals surface area contributed by atoms with Gasteiger partial charge in [0.1, 0.15) is 0 Å². The van der Waals surface area contributed by atoms with Gasteiger partial charge >= 0.3 is 0 Å². The van der Waals surface area contributed by atoms with Crippen LogP contribution in [0.1, 0.15) is 13.8 Å². The summed E-state index contributed by atoms with van der Waals surface area (Å²) in [5.74, 6) is 0. The Bertz CT molecular complexity index is 628. The second-order valence-corrected chi connectivity index (χ2v) is 8.01. The third-order valence-corrected chi connectivity index (χ3v) is 4.62. The van der Waals surface area contributed by atoms with Crippen LogP contribution in [0.15, 0.2) is 23.1 Å². The average molecular weight is 314 g/mol. The van der Waals surface area contributed by atoms with E-state index in [1.807, 2.05) is 18.7 Å². The van der Waals surface area contributed by atoms with Gasteiger partial charge in [-0.15, -0.1) is 0 Å². The molecule has 0 amide bonds. The number of ether oxygens (including phenoxy) is 1. The Labute approximate surface area is 125 Å². The number of aliphatic hydroxyl groups is 1. The Hall–Kier alpha value is -1.31. The van der Waals surface area contributed by atoms with Gasteiger partial charge in [-0.05, 0) is 26.0 Å². The summed E-state index contributed by atoms with van der Waals surface area (Å²) in [6.07, 6.45) is 0.817. The van der Waals surface area contributed by atoms with Gasteiger partial charge < -0.3 is 20.5 Å². The van der Waals surface area contributed by atoms with E-state index in [0.717, 1.165) is 6.26 Å². The number of nitrogens with zero attached hydrogens (tertiary/aromatic N) is 1. The fourth-order valence-corrected chi connectivity index (χ4v) is 3.54. The third-order valence-electron chi connectivity index (χ3n) is 3.47. The van der Waals surface area contributed by atoms with Crippen LogP contribution in [-0.2, 0) is 14.6 Å². The molecular formula is C14H22N2O4S. The van der Waals surface area contributed by atoms with Gasteiger partial charge in [-0.3, -0.25) is 0 Å². The van der Waals surface area contributed by atoms with Gasteiger partial charge in [0.25, 0.3) is 0 Å². The summed E-state index contributed by atoms with van der Waals surface area (Å²) < 4.78 is 29.3. The Morgan fingerprint density at radius 3 is 2.71 bits per heavy atom. The Balaban J connectivity index is 2.42. The van der Waals surface area contributed by atoms with Crippen LogP contribution in [0.2, 0.25) is 0 Å². The number of morpholine rings is 1. The van der Waals surface area contributed by atoms with Crippen LogP contribution in [0.5, 0.6) is 0 Å². The summed E-state index contributed by atoms with van der Waals surface area (Å²) in [4.78, 5) is 2.10. The fourth-order valence-electron chi connectivity index (χ4n) is 2.71. The number of nitrogens with two attached hydrogens (primary N) is 1. The number of hydrogen-bond acceptors (Lipinski definition) is 6. The lowest BCUT2D eigenvalue weighted by Crippen LogP contribution is -2.54. The average Bonchev–Trinajstić information content (AvgIpc) is 2.35. The Morgan fingerprint density at radius 2 is 2.14 bits per heavy atom. The first-order chi connectivity index (χ1) is 9.64. The van der Waals surface area contributed by atoms with Gasteiger partial charge in [-0.2, -0.15) is 0 Å². The molecule has 1 aliphatic rings. The van der Waals surface area contributed by atoms with Crippen molar-refractivity contribution in [3.63, 3.8) is 0 Å². The first kappa shape index (κ1) is 16.1. The zero-order valence-corrected chi connectivity index (χ0v) is 13.4. The highest BCUT2D eigenvalue weighted by Gasteiger charge is 2.34. The fraction of sp³-hybridized carbons (Fsp3) is 0.571. The molecule has 0 radical (unpaired) electrons. The Morgan fingerprint density at radius 1 is 1.48 bits per heavy atom. The van der Waals surface area contributed by atoms with Crippen molar-refractivity contribution in [3.05, 3.63) is 18.2 Å². The molecular weight excluding hydrogens is 292 g/mol. The van der Waals surface area contributed by atoms with E-state index >= 15 is 0 Å². The first-order valence-electron chi connectivity index (χ1n) is 6.76. The highest BCUT2D eigenvalue weighted by atomic mass is 32.2. The predicted octanol–water partition coefficient (Wildman–Crippen LogP) is 0.648. The van der Waals surface area contributed by atoms with Gasteiger partial charge in [-0.1, -0.05) is 6.07 Å². The number of nitrogen functional groups attached to an aromatic ring is 1. The molecule has 0 bridgehead atoms. The van der Waals surface area contributed by atoms with Crippen molar-refractivity contribution in [2.45, 2.75) is 30.4 Å². The number of aliphatic hydroxyl groups excluding tert-OH is 1. The summed E-state index contributed by atoms with van der Waals surface area (Å²) in [5.41, 5.74) is 6.51. The van der Waals surface area contributed by atoms with Gasteiger partial charge in [0.05, 0.1) is 34.6 Å². The minimum Gasteiger partial charge on any atom is -0.396 e. The van der Waals surface area contributed by atoms with Crippen LogP contribution in [0.25, 0.3) is 0 Å². The molecule has 6 nitrogen and oxygen atoms in total. The summed E-state index contributed by atoms with van der Waals surface area (Å²) >= 11 is 0. The topological polar surface area (TPSA) is 92.9 Å². The zero-order valence-electron chi connectivity index (χ0n) is 12.5. The number of hydrogen-bond donors (Lipinski definition) is 2. The van der Waals surface area contributed by atoms with E-state index in [1.165, 1.54) is 6.07 Å². The van der Waals surface area contributed by atoms with Crippen molar-refractivity contribution in [1.82, 2.24) is 0 Å². The number of sulfone groups is 1. The minimum absolute atomic E-state index is 0.0917. The molecule has 118 valence electrons. The molecule has 1 aromatic rings. The van der Waals surface area contributed by atoms with Crippen LogP contribution in [-0.4, -0.2) is 51.2 Å². The summed E-state index contributed by atoms with van der Waals surface area (Å²) in [6.45, 7) is 4.81. The summed E-state index contributed by atoms with van der Waals surface area (Å²) in [7, 11) is -3.37. The lowest BCUT2D eigenvalue weighted by atomic mass is 10.0. The number of para-hydroxylation sites is 1. The molecule has 2 rings (SSSR count). The second-order valence-electron chi connectivity index (χ2n) is 6.02. The normalized spacial score (nSPS) is 22.3. The molecule has 1 heterocycles. The van der Waals surface area contributed by atoms with E-state index in [1.54, 1.807) is 12.1 Å². The monoisotopic (exact) mass is 314 g/mol. The van der Waals surface area contributed by atoms with E-state index in [9.17, 15) is 13.5 Å². The van der Waals surface area contributed by atoms with E-state index in [2.05, 4.69) is 0 Å². The minimum atomic E-state index is -3.37. The molecule has 1 saturated heterocycles. The molecule has 7 heteroatoms. The SMILES string of the molecule is CC1(C)CN(c2cccc(S(C)(=O)=O)c2N)CC(CO)O1. The molecule has 1 unspecified atom stereocenters. The van der Waals surface area contributed by atoms with Crippen molar-refractivity contribution in [2.75, 3.05) is 36.6 Å². The standard InChI is InChI=1S/C14H22N2O4S/c1-14(2)9-16(7-10(8-17)20-14)11-5-4-6-12(13(11)15)21(3,18)19/h4-6,10,17H,7-9,15H2,1-3H3. The van der Waals surface area contributed by atoms with Crippen LogP contribution in [0.4, 0.5) is 11.4 Å². The molecule has 3 N–H and O–H groups in total. The maximum atomic E-state index is 11.8. The summed E-state index contributed by atoms with van der Waals surface area (Å²) in [6, 6.07) is 4.97. The zero-order chi connectivity index (χ0) is 15.8. The molecule has 0 spiro atoms. The molecule has 0 aliphatic carbocycles. The summed E-state index contributed by atoms with van der Waals surface area (Å²) in [5, 5.41) is 9.36. The lowest BCUT2D eigenvalue weighted by Gasteiger charge is -2.43. The largest absolute Gasteiger partial charge is 0.396 e. The van der Waals surface area contributed by atoms with Crippen molar-refractivity contribution in [1.29, 1.82) is 0 Å². The maximum absolute atomic E-state index is 11.8. The predicted molar refractivity (Wildman–Crippen MR) is 82.2 cm³/mol. The first-order valence-corrected chi connectivity index (χ1v) is 8.65. The molecule has 1 aliphatic heterocycles. The number of benzene rings is 1. The van der Waals surface area contributed by atoms with Gasteiger partial charge in [0, 0.05) is 19.3 Å². The molecule has 21 heavy (non-hydrogen) atoms. The van der Waals surface area contributed by atoms with Crippen molar-refractivity contribution in [3.8, 4) is 0 Å². The van der Waals surface area contributed by atoms with E-state index < -0.39 is 15.4 Å². The third kappa shape index (κ3) is 3.48. The maximum Gasteiger partial charge on any atom is 0.177 e. The molecule has 1 aromatic carbocycles. The molecule has 1 atom stereocenters. The van der Waals surface area contributed by atoms with Crippen molar-refractivity contribution >= 4 is 21.2 Å². The van der Waals surface area contributed by atoms with Crippen LogP contribution >= 0.6 is 0 Å². The number of anilines is 2. The molecule has 0 aromatic heterocycles. The highest BCUT2D eigenvalue weighted by molar-refractivity contribution is 7.90. The van der Waals surface area contributed by atoms with E-state index in [0.29, 0.717) is 18.8 Å². The quantitative estimate of drug-likeness (QED) is 0.796. The van der Waals surface area contributed by atoms with Crippen molar-refractivity contribution in [2.24, 2.45) is 0 Å². The van der Waals surface area contributed by atoms with E-state index in [-0.39, 0.29) is 23.3 Å². The van der Waals surface area contributed by atoms with Crippen LogP contribution < -0.4 is 10.6 Å². The van der Waals surface area contributed by atoms with Gasteiger partial charge in [0.2, 0.25) is 0 Å². The number of rotatable bonds is 3.